The minimum absolute atomic E-state index is 0. The fourth-order valence-electron chi connectivity index (χ4n) is 2.11. The van der Waals surface area contributed by atoms with E-state index in [0.717, 1.165) is 5.69 Å². The van der Waals surface area contributed by atoms with Crippen molar-refractivity contribution in [3.05, 3.63) is 106 Å². The molecule has 0 spiro atoms. The summed E-state index contributed by atoms with van der Waals surface area (Å²) in [6.45, 7) is 0. The number of pyridine rings is 1. The summed E-state index contributed by atoms with van der Waals surface area (Å²) in [7, 11) is 0. The molecule has 102 valence electrons. The second kappa shape index (κ2) is 8.56. The third-order valence-corrected chi connectivity index (χ3v) is 3.14. The Hall–Kier alpha value is -0.851. The molecule has 0 bridgehead atoms. The Morgan fingerprint density at radius 1 is 0.667 bits per heavy atom. The fraction of sp³-hybridized carbons (Fsp3) is 0. The molecule has 2 aromatic rings. The molecular weight excluding hydrogens is 298 g/mol. The standard InChI is InChI=1S/C14H10N.C5H5.Fe/c1-2-6-11(5-1)14-9-12-7-3-4-8-13(12)10-15-14;1-2-4-5-3-1;/h1-10H;1-5H;/q;;+2. The predicted octanol–water partition coefficient (Wildman–Crippen LogP) is 4.01. The minimum Gasteiger partial charge on any atom is -0.260 e. The van der Waals surface area contributed by atoms with Crippen molar-refractivity contribution in [2.24, 2.45) is 0 Å². The van der Waals surface area contributed by atoms with Crippen LogP contribution in [0, 0.1) is 63.7 Å². The minimum atomic E-state index is 0. The number of nitrogens with zero attached hydrogens (tertiary/aromatic N) is 1. The molecule has 0 aliphatic heterocycles. The number of rotatable bonds is 1. The van der Waals surface area contributed by atoms with Crippen LogP contribution in [0.4, 0.5) is 0 Å². The molecular formula is C19H15FeN+2. The van der Waals surface area contributed by atoms with Gasteiger partial charge in [-0.2, -0.15) is 0 Å². The Morgan fingerprint density at radius 3 is 1.86 bits per heavy atom. The normalized spacial score (nSPS) is 18.1. The van der Waals surface area contributed by atoms with Gasteiger partial charge in [0.1, 0.15) is 0 Å². The molecule has 1 nitrogen and oxygen atoms in total. The maximum Gasteiger partial charge on any atom is 2.00 e. The van der Waals surface area contributed by atoms with Crippen molar-refractivity contribution in [3.63, 3.8) is 0 Å². The van der Waals surface area contributed by atoms with Crippen molar-refractivity contribution in [2.45, 2.75) is 0 Å². The molecule has 1 aromatic carbocycles. The molecule has 0 unspecified atom stereocenters. The Balaban J connectivity index is 0.000000231. The van der Waals surface area contributed by atoms with Crippen molar-refractivity contribution in [1.29, 1.82) is 0 Å². The summed E-state index contributed by atoms with van der Waals surface area (Å²) in [6.07, 6.45) is 20.2. The first-order chi connectivity index (χ1) is 9.93. The van der Waals surface area contributed by atoms with Crippen LogP contribution in [0.25, 0.3) is 10.8 Å². The summed E-state index contributed by atoms with van der Waals surface area (Å²) in [5.41, 5.74) is 1.04. The van der Waals surface area contributed by atoms with Gasteiger partial charge in [0.15, 0.2) is 0 Å². The van der Waals surface area contributed by atoms with Crippen molar-refractivity contribution < 1.29 is 17.1 Å². The molecule has 10 radical (unpaired) electrons. The maximum absolute atomic E-state index is 4.45. The molecule has 2 saturated carbocycles. The summed E-state index contributed by atoms with van der Waals surface area (Å²) in [4.78, 5) is 4.45. The van der Waals surface area contributed by atoms with Gasteiger partial charge in [-0.25, -0.2) is 0 Å². The number of hydrogen-bond acceptors (Lipinski definition) is 1. The zero-order valence-corrected chi connectivity index (χ0v) is 12.6. The quantitative estimate of drug-likeness (QED) is 0.725. The Morgan fingerprint density at radius 2 is 1.24 bits per heavy atom. The number of fused-ring (bicyclic) bond motifs is 1. The average Bonchev–Trinajstić information content (AvgIpc) is 3.22. The van der Waals surface area contributed by atoms with E-state index in [1.807, 2.05) is 57.2 Å². The van der Waals surface area contributed by atoms with Gasteiger partial charge in [-0.15, -0.1) is 0 Å². The van der Waals surface area contributed by atoms with E-state index in [4.69, 9.17) is 0 Å². The van der Waals surface area contributed by atoms with Crippen molar-refractivity contribution in [2.75, 3.05) is 0 Å². The molecule has 21 heavy (non-hydrogen) atoms. The molecule has 1 heterocycles. The van der Waals surface area contributed by atoms with Crippen LogP contribution in [-0.4, -0.2) is 4.98 Å². The average molecular weight is 313 g/mol. The van der Waals surface area contributed by atoms with E-state index >= 15 is 0 Å². The van der Waals surface area contributed by atoms with Gasteiger partial charge in [-0.3, -0.25) is 4.98 Å². The molecule has 4 rings (SSSR count). The fourth-order valence-corrected chi connectivity index (χ4v) is 2.11. The van der Waals surface area contributed by atoms with Crippen LogP contribution in [0.3, 0.4) is 0 Å². The monoisotopic (exact) mass is 313 g/mol. The van der Waals surface area contributed by atoms with E-state index < -0.39 is 0 Å². The number of benzene rings is 1. The second-order valence-corrected chi connectivity index (χ2v) is 4.55. The van der Waals surface area contributed by atoms with E-state index in [1.165, 1.54) is 16.7 Å². The van der Waals surface area contributed by atoms with Gasteiger partial charge in [0.25, 0.3) is 0 Å². The van der Waals surface area contributed by atoms with Crippen LogP contribution in [0.2, 0.25) is 0 Å². The van der Waals surface area contributed by atoms with Gasteiger partial charge < -0.3 is 0 Å². The predicted molar refractivity (Wildman–Crippen MR) is 82.8 cm³/mol. The van der Waals surface area contributed by atoms with E-state index in [9.17, 15) is 0 Å². The largest absolute Gasteiger partial charge is 2.00 e. The molecule has 0 saturated heterocycles. The van der Waals surface area contributed by atoms with Crippen molar-refractivity contribution in [3.8, 4) is 0 Å². The summed E-state index contributed by atoms with van der Waals surface area (Å²) in [5.74, 6) is 1.18. The van der Waals surface area contributed by atoms with Crippen LogP contribution >= 0.6 is 0 Å². The summed E-state index contributed by atoms with van der Waals surface area (Å²) in [6, 6.07) is 10.4. The van der Waals surface area contributed by atoms with Gasteiger partial charge in [0.2, 0.25) is 0 Å². The van der Waals surface area contributed by atoms with Crippen LogP contribution in [0.15, 0.2) is 36.5 Å². The SMILES string of the molecule is [CH]1[CH][CH][CH][CH]1.[CH]1[CH][CH][C](c2cc3ccccc3cn2)[CH]1.[Fe+2]. The molecule has 2 aliphatic carbocycles. The maximum atomic E-state index is 4.45. The first kappa shape index (κ1) is 16.5. The van der Waals surface area contributed by atoms with Crippen LogP contribution in [0.1, 0.15) is 5.69 Å². The molecule has 0 amide bonds. The van der Waals surface area contributed by atoms with Crippen molar-refractivity contribution in [1.82, 2.24) is 4.98 Å². The van der Waals surface area contributed by atoms with E-state index in [-0.39, 0.29) is 17.1 Å². The van der Waals surface area contributed by atoms with E-state index in [1.54, 1.807) is 0 Å². The Kier molecular flexibility index (Phi) is 6.73. The third kappa shape index (κ3) is 4.56. The van der Waals surface area contributed by atoms with Gasteiger partial charge in [-0.1, -0.05) is 24.3 Å². The van der Waals surface area contributed by atoms with Crippen LogP contribution in [-0.2, 0) is 17.1 Å². The van der Waals surface area contributed by atoms with Crippen LogP contribution < -0.4 is 0 Å². The van der Waals surface area contributed by atoms with Crippen LogP contribution in [0.5, 0.6) is 0 Å². The summed E-state index contributed by atoms with van der Waals surface area (Å²) in [5, 5.41) is 2.43. The zero-order valence-electron chi connectivity index (χ0n) is 11.5. The topological polar surface area (TPSA) is 12.9 Å². The molecule has 2 aliphatic rings. The second-order valence-electron chi connectivity index (χ2n) is 4.55. The van der Waals surface area contributed by atoms with Gasteiger partial charge in [0.05, 0.1) is 0 Å². The molecule has 0 N–H and O–H groups in total. The number of aromatic nitrogens is 1. The van der Waals surface area contributed by atoms with E-state index in [0.29, 0.717) is 0 Å². The number of hydrogen-bond donors (Lipinski definition) is 0. The van der Waals surface area contributed by atoms with Crippen molar-refractivity contribution >= 4 is 10.8 Å². The Bertz CT molecular complexity index is 534. The third-order valence-electron chi connectivity index (χ3n) is 3.14. The van der Waals surface area contributed by atoms with Gasteiger partial charge in [-0.05, 0) is 69.2 Å². The zero-order chi connectivity index (χ0) is 13.6. The molecule has 0 atom stereocenters. The molecule has 1 aromatic heterocycles. The Labute approximate surface area is 139 Å². The van der Waals surface area contributed by atoms with E-state index in [2.05, 4.69) is 42.1 Å². The summed E-state index contributed by atoms with van der Waals surface area (Å²) < 4.78 is 0. The first-order valence-corrected chi connectivity index (χ1v) is 6.67. The molecule has 2 heteroatoms. The first-order valence-electron chi connectivity index (χ1n) is 6.67. The van der Waals surface area contributed by atoms with Gasteiger partial charge in [0, 0.05) is 23.2 Å². The van der Waals surface area contributed by atoms with Gasteiger partial charge >= 0.3 is 17.1 Å². The smallest absolute Gasteiger partial charge is 0.260 e. The summed E-state index contributed by atoms with van der Waals surface area (Å²) >= 11 is 0. The molecule has 2 fully saturated rings.